The first-order valence-corrected chi connectivity index (χ1v) is 5.78. The second-order valence-electron chi connectivity index (χ2n) is 4.09. The lowest BCUT2D eigenvalue weighted by atomic mass is 9.99. The van der Waals surface area contributed by atoms with Crippen LogP contribution in [0.1, 0.15) is 10.4 Å². The molecule has 3 aromatic rings. The van der Waals surface area contributed by atoms with Gasteiger partial charge in [0, 0.05) is 17.3 Å². The van der Waals surface area contributed by atoms with Crippen molar-refractivity contribution in [2.75, 3.05) is 0 Å². The molecular weight excluding hydrogens is 222 g/mol. The van der Waals surface area contributed by atoms with E-state index < -0.39 is 0 Å². The summed E-state index contributed by atoms with van der Waals surface area (Å²) < 4.78 is 0. The van der Waals surface area contributed by atoms with E-state index in [4.69, 9.17) is 0 Å². The minimum atomic E-state index is 0.619. The Morgan fingerprint density at radius 3 is 2.61 bits per heavy atom. The summed E-state index contributed by atoms with van der Waals surface area (Å²) in [6.45, 7) is 0. The van der Waals surface area contributed by atoms with E-state index in [-0.39, 0.29) is 0 Å². The highest BCUT2D eigenvalue weighted by Gasteiger charge is 2.08. The predicted molar refractivity (Wildman–Crippen MR) is 72.6 cm³/mol. The Balaban J connectivity index is 2.35. The number of carbonyl (C=O) groups is 1. The smallest absolute Gasteiger partial charge is 0.152 e. The summed E-state index contributed by atoms with van der Waals surface area (Å²) in [5.74, 6) is 0. The third kappa shape index (κ3) is 1.68. The molecule has 0 N–H and O–H groups in total. The standard InChI is InChI=1S/C16H11NO/c18-11-13-7-4-10-17-16(13)15-9-3-6-12-5-1-2-8-14(12)15/h1-11H. The molecule has 86 valence electrons. The second kappa shape index (κ2) is 4.41. The Bertz CT molecular complexity index is 714. The van der Waals surface area contributed by atoms with Crippen LogP contribution in [0.4, 0.5) is 0 Å². The number of aldehydes is 1. The predicted octanol–water partition coefficient (Wildman–Crippen LogP) is 3.71. The van der Waals surface area contributed by atoms with E-state index in [1.807, 2.05) is 30.3 Å². The first kappa shape index (κ1) is 10.7. The summed E-state index contributed by atoms with van der Waals surface area (Å²) in [4.78, 5) is 15.4. The van der Waals surface area contributed by atoms with Gasteiger partial charge in [-0.3, -0.25) is 9.78 Å². The maximum Gasteiger partial charge on any atom is 0.152 e. The minimum Gasteiger partial charge on any atom is -0.298 e. The monoisotopic (exact) mass is 233 g/mol. The number of pyridine rings is 1. The largest absolute Gasteiger partial charge is 0.298 e. The van der Waals surface area contributed by atoms with Gasteiger partial charge in [-0.25, -0.2) is 0 Å². The number of hydrogen-bond acceptors (Lipinski definition) is 2. The van der Waals surface area contributed by atoms with Crippen molar-refractivity contribution in [3.8, 4) is 11.3 Å². The number of benzene rings is 2. The highest BCUT2D eigenvalue weighted by atomic mass is 16.1. The third-order valence-electron chi connectivity index (χ3n) is 3.01. The maximum absolute atomic E-state index is 11.1. The zero-order valence-corrected chi connectivity index (χ0v) is 9.71. The fourth-order valence-corrected chi connectivity index (χ4v) is 2.17. The van der Waals surface area contributed by atoms with Gasteiger partial charge in [0.15, 0.2) is 6.29 Å². The first-order chi connectivity index (χ1) is 8.90. The van der Waals surface area contributed by atoms with Gasteiger partial charge in [0.1, 0.15) is 0 Å². The molecule has 0 unspecified atom stereocenters. The van der Waals surface area contributed by atoms with Crippen molar-refractivity contribution >= 4 is 17.1 Å². The highest BCUT2D eigenvalue weighted by Crippen LogP contribution is 2.28. The molecular formula is C16H11NO. The molecule has 0 saturated carbocycles. The van der Waals surface area contributed by atoms with Gasteiger partial charge in [0.25, 0.3) is 0 Å². The molecule has 0 atom stereocenters. The Morgan fingerprint density at radius 1 is 0.889 bits per heavy atom. The van der Waals surface area contributed by atoms with E-state index in [2.05, 4.69) is 17.1 Å². The summed E-state index contributed by atoms with van der Waals surface area (Å²) in [6, 6.07) is 17.7. The van der Waals surface area contributed by atoms with Crippen LogP contribution in [0.25, 0.3) is 22.0 Å². The third-order valence-corrected chi connectivity index (χ3v) is 3.01. The van der Waals surface area contributed by atoms with Crippen LogP contribution in [0.5, 0.6) is 0 Å². The zero-order chi connectivity index (χ0) is 12.4. The maximum atomic E-state index is 11.1. The van der Waals surface area contributed by atoms with Crippen LogP contribution in [-0.2, 0) is 0 Å². The molecule has 0 saturated heterocycles. The second-order valence-corrected chi connectivity index (χ2v) is 4.09. The number of fused-ring (bicyclic) bond motifs is 1. The summed E-state index contributed by atoms with van der Waals surface area (Å²) in [6.07, 6.45) is 2.56. The van der Waals surface area contributed by atoms with Gasteiger partial charge in [-0.1, -0.05) is 42.5 Å². The SMILES string of the molecule is O=Cc1cccnc1-c1cccc2ccccc12. The molecule has 1 aromatic heterocycles. The van der Waals surface area contributed by atoms with Crippen molar-refractivity contribution < 1.29 is 4.79 Å². The van der Waals surface area contributed by atoms with Crippen molar-refractivity contribution in [2.24, 2.45) is 0 Å². The summed E-state index contributed by atoms with van der Waals surface area (Å²) >= 11 is 0. The molecule has 0 spiro atoms. The van der Waals surface area contributed by atoms with E-state index in [0.717, 1.165) is 28.3 Å². The Kier molecular flexibility index (Phi) is 2.61. The van der Waals surface area contributed by atoms with Gasteiger partial charge >= 0.3 is 0 Å². The molecule has 2 heteroatoms. The van der Waals surface area contributed by atoms with E-state index in [0.29, 0.717) is 5.56 Å². The van der Waals surface area contributed by atoms with Crippen LogP contribution in [0, 0.1) is 0 Å². The van der Waals surface area contributed by atoms with Crippen molar-refractivity contribution in [1.82, 2.24) is 4.98 Å². The number of rotatable bonds is 2. The van der Waals surface area contributed by atoms with Crippen molar-refractivity contribution in [3.63, 3.8) is 0 Å². The molecule has 0 aliphatic heterocycles. The van der Waals surface area contributed by atoms with Crippen LogP contribution in [0.3, 0.4) is 0 Å². The molecule has 0 aliphatic carbocycles. The van der Waals surface area contributed by atoms with Crippen molar-refractivity contribution in [3.05, 3.63) is 66.4 Å². The quantitative estimate of drug-likeness (QED) is 0.631. The van der Waals surface area contributed by atoms with E-state index in [9.17, 15) is 4.79 Å². The molecule has 18 heavy (non-hydrogen) atoms. The van der Waals surface area contributed by atoms with Crippen molar-refractivity contribution in [1.29, 1.82) is 0 Å². The van der Waals surface area contributed by atoms with Crippen LogP contribution in [0.15, 0.2) is 60.8 Å². The zero-order valence-electron chi connectivity index (χ0n) is 9.71. The first-order valence-electron chi connectivity index (χ1n) is 5.78. The Morgan fingerprint density at radius 2 is 1.72 bits per heavy atom. The van der Waals surface area contributed by atoms with Gasteiger partial charge < -0.3 is 0 Å². The topological polar surface area (TPSA) is 30.0 Å². The summed E-state index contributed by atoms with van der Waals surface area (Å²) in [5.41, 5.74) is 2.36. The lowest BCUT2D eigenvalue weighted by Crippen LogP contribution is -1.91. The molecule has 0 bridgehead atoms. The lowest BCUT2D eigenvalue weighted by Gasteiger charge is -2.07. The van der Waals surface area contributed by atoms with Crippen LogP contribution in [0.2, 0.25) is 0 Å². The number of carbonyl (C=O) groups excluding carboxylic acids is 1. The van der Waals surface area contributed by atoms with Gasteiger partial charge in [0.05, 0.1) is 5.69 Å². The molecule has 2 aromatic carbocycles. The molecule has 0 aliphatic rings. The molecule has 0 amide bonds. The van der Waals surface area contributed by atoms with Crippen LogP contribution in [-0.4, -0.2) is 11.3 Å². The van der Waals surface area contributed by atoms with Gasteiger partial charge in [0.2, 0.25) is 0 Å². The van der Waals surface area contributed by atoms with E-state index in [1.54, 1.807) is 18.3 Å². The summed E-state index contributed by atoms with van der Waals surface area (Å²) in [7, 11) is 0. The number of hydrogen-bond donors (Lipinski definition) is 0. The Hall–Kier alpha value is -2.48. The normalized spacial score (nSPS) is 10.4. The lowest BCUT2D eigenvalue weighted by molar-refractivity contribution is 0.112. The number of nitrogens with zero attached hydrogens (tertiary/aromatic N) is 1. The number of aromatic nitrogens is 1. The molecule has 0 fully saturated rings. The molecule has 0 radical (unpaired) electrons. The van der Waals surface area contributed by atoms with Gasteiger partial charge in [-0.05, 0) is 22.9 Å². The van der Waals surface area contributed by atoms with Gasteiger partial charge in [-0.15, -0.1) is 0 Å². The molecule has 2 nitrogen and oxygen atoms in total. The van der Waals surface area contributed by atoms with E-state index in [1.165, 1.54) is 0 Å². The van der Waals surface area contributed by atoms with E-state index >= 15 is 0 Å². The van der Waals surface area contributed by atoms with Crippen molar-refractivity contribution in [2.45, 2.75) is 0 Å². The fraction of sp³-hybridized carbons (Fsp3) is 0. The fourth-order valence-electron chi connectivity index (χ4n) is 2.17. The molecule has 3 rings (SSSR count). The average Bonchev–Trinajstić information content (AvgIpc) is 2.46. The van der Waals surface area contributed by atoms with Crippen LogP contribution < -0.4 is 0 Å². The minimum absolute atomic E-state index is 0.619. The highest BCUT2D eigenvalue weighted by molar-refractivity contribution is 5.99. The Labute approximate surface area is 105 Å². The van der Waals surface area contributed by atoms with Gasteiger partial charge in [-0.2, -0.15) is 0 Å². The molecule has 1 heterocycles. The van der Waals surface area contributed by atoms with Crippen LogP contribution >= 0.6 is 0 Å². The summed E-state index contributed by atoms with van der Waals surface area (Å²) in [5, 5.41) is 2.26. The average molecular weight is 233 g/mol.